The van der Waals surface area contributed by atoms with Crippen molar-refractivity contribution in [3.63, 3.8) is 0 Å². The van der Waals surface area contributed by atoms with Crippen molar-refractivity contribution in [2.24, 2.45) is 0 Å². The van der Waals surface area contributed by atoms with Crippen LogP contribution < -0.4 is 10.6 Å². The van der Waals surface area contributed by atoms with Crippen LogP contribution in [0.15, 0.2) is 18.2 Å². The highest BCUT2D eigenvalue weighted by molar-refractivity contribution is 6.31. The van der Waals surface area contributed by atoms with Crippen molar-refractivity contribution in [2.75, 3.05) is 0 Å². The number of ether oxygens (including phenoxy) is 7. The molecule has 2 aliphatic heterocycles. The number of nitrogens with one attached hydrogen (secondary N) is 2. The molecule has 6 rings (SSSR count). The molecule has 0 aromatic heterocycles. The minimum Gasteiger partial charge on any atom is -0.507 e. The molecule has 2 fully saturated rings. The molecule has 0 radical (unpaired) electrons. The van der Waals surface area contributed by atoms with Crippen LogP contribution in [0.2, 0.25) is 0 Å². The van der Waals surface area contributed by atoms with Crippen molar-refractivity contribution in [1.82, 2.24) is 10.6 Å². The average Bonchev–Trinajstić information content (AvgIpc) is 3.20. The van der Waals surface area contributed by atoms with E-state index >= 15 is 0 Å². The van der Waals surface area contributed by atoms with E-state index in [4.69, 9.17) is 33.2 Å². The topological polar surface area (TPSA) is 269 Å². The molecule has 2 amide bonds. The van der Waals surface area contributed by atoms with E-state index in [1.807, 2.05) is 0 Å². The van der Waals surface area contributed by atoms with Crippen LogP contribution in [0.5, 0.6) is 17.2 Å². The first kappa shape index (κ1) is 50.4. The summed E-state index contributed by atoms with van der Waals surface area (Å²) in [6.07, 6.45) is -26.3. The summed E-state index contributed by atoms with van der Waals surface area (Å²) >= 11 is 0. The first-order chi connectivity index (χ1) is 31.1. The van der Waals surface area contributed by atoms with Crippen molar-refractivity contribution in [2.45, 2.75) is 146 Å². The van der Waals surface area contributed by atoms with Crippen LogP contribution >= 0.6 is 0 Å². The number of amides is 2. The number of rotatable bonds is 10. The molecule has 0 spiro atoms. The summed E-state index contributed by atoms with van der Waals surface area (Å²) in [5, 5.41) is 38.7. The van der Waals surface area contributed by atoms with Gasteiger partial charge in [-0.2, -0.15) is 26.3 Å². The van der Waals surface area contributed by atoms with Crippen LogP contribution in [0.3, 0.4) is 0 Å². The van der Waals surface area contributed by atoms with Gasteiger partial charge >= 0.3 is 42.1 Å². The van der Waals surface area contributed by atoms with Gasteiger partial charge in [0.2, 0.25) is 5.78 Å². The number of hydrogen-bond acceptors (Lipinski definition) is 17. The van der Waals surface area contributed by atoms with Crippen LogP contribution in [-0.4, -0.2) is 124 Å². The Morgan fingerprint density at radius 3 is 1.69 bits per heavy atom. The molecule has 2 aliphatic carbocycles. The lowest BCUT2D eigenvalue weighted by Crippen LogP contribution is -2.60. The molecule has 4 aliphatic rings. The van der Waals surface area contributed by atoms with E-state index in [0.29, 0.717) is 0 Å². The Labute approximate surface area is 375 Å². The molecular formula is C42H44F6N2O17. The van der Waals surface area contributed by atoms with Crippen molar-refractivity contribution in [3.8, 4) is 17.2 Å². The molecule has 2 aromatic carbocycles. The van der Waals surface area contributed by atoms with E-state index in [-0.39, 0.29) is 6.42 Å². The SMILES string of the molecule is CC[C@@]1(O[C@H]2C[C@H](NC(=O)C(F)(F)F)[C@@H](OC(C)=O)[C@H](C)O2)C[C@H](O[C@H]2C[C@H](NC(=O)C(F)(F)F)[C@@H](OC(C)=O)[C@H](C)O2)c2c(O)c3c(c(O)c2[C@H]1OC(C)=O)C(=O)c1cccc(O)c1C3=O. The van der Waals surface area contributed by atoms with E-state index in [1.165, 1.54) is 26.8 Å². The molecule has 2 aromatic rings. The lowest BCUT2D eigenvalue weighted by Gasteiger charge is -2.50. The van der Waals surface area contributed by atoms with Gasteiger partial charge in [0.15, 0.2) is 24.5 Å². The van der Waals surface area contributed by atoms with E-state index in [0.717, 1.165) is 32.9 Å². The Hall–Kier alpha value is -6.05. The predicted molar refractivity (Wildman–Crippen MR) is 207 cm³/mol. The summed E-state index contributed by atoms with van der Waals surface area (Å²) in [6.45, 7) is 6.78. The van der Waals surface area contributed by atoms with Gasteiger partial charge in [0.1, 0.15) is 35.1 Å². The zero-order valence-corrected chi connectivity index (χ0v) is 36.2. The van der Waals surface area contributed by atoms with Gasteiger partial charge in [-0.1, -0.05) is 19.1 Å². The molecule has 2 heterocycles. The van der Waals surface area contributed by atoms with Gasteiger partial charge in [0.05, 0.1) is 47.1 Å². The molecule has 0 unspecified atom stereocenters. The van der Waals surface area contributed by atoms with Crippen LogP contribution in [-0.2, 0) is 57.1 Å². The summed E-state index contributed by atoms with van der Waals surface area (Å²) < 4.78 is 122. The molecule has 0 saturated carbocycles. The first-order valence-corrected chi connectivity index (χ1v) is 20.5. The van der Waals surface area contributed by atoms with Gasteiger partial charge in [0, 0.05) is 56.7 Å². The van der Waals surface area contributed by atoms with E-state index in [9.17, 15) is 75.2 Å². The summed E-state index contributed by atoms with van der Waals surface area (Å²) in [5.74, 6) is -13.0. The van der Waals surface area contributed by atoms with Crippen molar-refractivity contribution in [1.29, 1.82) is 0 Å². The maximum absolute atomic E-state index is 14.2. The average molecular weight is 963 g/mol. The Balaban J connectivity index is 1.52. The number of ketones is 2. The Morgan fingerprint density at radius 1 is 0.716 bits per heavy atom. The third kappa shape index (κ3) is 9.85. The monoisotopic (exact) mass is 962 g/mol. The zero-order valence-electron chi connectivity index (χ0n) is 36.2. The van der Waals surface area contributed by atoms with Gasteiger partial charge in [-0.15, -0.1) is 0 Å². The van der Waals surface area contributed by atoms with E-state index < -0.39 is 190 Å². The summed E-state index contributed by atoms with van der Waals surface area (Å²) in [5.41, 5.74) is -6.06. The Morgan fingerprint density at radius 2 is 1.19 bits per heavy atom. The lowest BCUT2D eigenvalue weighted by atomic mass is 9.70. The van der Waals surface area contributed by atoms with Crippen LogP contribution in [0.4, 0.5) is 26.3 Å². The molecule has 67 heavy (non-hydrogen) atoms. The Kier molecular flexibility index (Phi) is 14.0. The predicted octanol–water partition coefficient (Wildman–Crippen LogP) is 4.04. The first-order valence-electron chi connectivity index (χ1n) is 20.5. The fourth-order valence-electron chi connectivity index (χ4n) is 8.99. The van der Waals surface area contributed by atoms with Crippen molar-refractivity contribution < 1.29 is 108 Å². The maximum Gasteiger partial charge on any atom is 0.471 e. The molecule has 366 valence electrons. The largest absolute Gasteiger partial charge is 0.507 e. The fourth-order valence-corrected chi connectivity index (χ4v) is 8.99. The number of esters is 3. The highest BCUT2D eigenvalue weighted by atomic mass is 19.4. The summed E-state index contributed by atoms with van der Waals surface area (Å²) in [6, 6.07) is 0.0861. The molecule has 11 atom stereocenters. The lowest BCUT2D eigenvalue weighted by molar-refractivity contribution is -0.305. The Bertz CT molecular complexity index is 2370. The molecule has 25 heteroatoms. The van der Waals surface area contributed by atoms with E-state index in [2.05, 4.69) is 0 Å². The van der Waals surface area contributed by atoms with Crippen LogP contribution in [0.1, 0.15) is 122 Å². The highest BCUT2D eigenvalue weighted by Gasteiger charge is 2.58. The minimum atomic E-state index is -5.42. The van der Waals surface area contributed by atoms with Gasteiger partial charge in [-0.25, -0.2) is 0 Å². The molecule has 2 saturated heterocycles. The number of benzene rings is 2. The number of carbonyl (C=O) groups excluding carboxylic acids is 7. The number of aromatic hydroxyl groups is 3. The second kappa shape index (κ2) is 18.6. The second-order valence-corrected chi connectivity index (χ2v) is 16.3. The number of hydrogen-bond donors (Lipinski definition) is 5. The standard InChI is InChI=1S/C42H44F6N2O17/c1-7-40(67-25-12-21(50-39(60)42(46,47)48)36(15(3)62-25)64-17(5)52)13-23(66-24-11-20(49-38(59)41(43,44)45)35(14(2)61-24)63-16(4)51)27-30(37(40)65-18(6)53)34(58)28-29(33(27)57)32(56)26-19(31(28)55)9-8-10-22(26)54/h8-10,14-15,20-21,23-25,35-37,54,57-58H,7,11-13H2,1-6H3,(H,49,59)(H,50,60)/t14-,15-,20-,21-,23-,24-,25-,35-,36-,37+,40+/m0/s1. The number of fused-ring (bicyclic) bond motifs is 3. The maximum atomic E-state index is 14.2. The van der Waals surface area contributed by atoms with Crippen molar-refractivity contribution in [3.05, 3.63) is 51.6 Å². The number of phenolic OH excluding ortho intramolecular Hbond substituents is 3. The van der Waals surface area contributed by atoms with Gasteiger partial charge in [-0.05, 0) is 26.3 Å². The number of phenols is 3. The van der Waals surface area contributed by atoms with Gasteiger partial charge < -0.3 is 59.1 Å². The third-order valence-corrected chi connectivity index (χ3v) is 11.7. The molecule has 5 N–H and O–H groups in total. The quantitative estimate of drug-likeness (QED) is 0.0831. The normalized spacial score (nSPS) is 29.4. The van der Waals surface area contributed by atoms with Gasteiger partial charge in [-0.3, -0.25) is 33.6 Å². The highest BCUT2D eigenvalue weighted by Crippen LogP contribution is 2.59. The third-order valence-electron chi connectivity index (χ3n) is 11.7. The van der Waals surface area contributed by atoms with Crippen molar-refractivity contribution >= 4 is 41.3 Å². The molecule has 19 nitrogen and oxygen atoms in total. The van der Waals surface area contributed by atoms with Gasteiger partial charge in [0.25, 0.3) is 0 Å². The van der Waals surface area contributed by atoms with E-state index in [1.54, 1.807) is 10.6 Å². The zero-order chi connectivity index (χ0) is 49.8. The molecule has 0 bridgehead atoms. The number of carbonyl (C=O) groups is 7. The summed E-state index contributed by atoms with van der Waals surface area (Å²) in [4.78, 5) is 89.8. The number of halogens is 6. The molecular weight excluding hydrogens is 918 g/mol. The second-order valence-electron chi connectivity index (χ2n) is 16.3. The fraction of sp³-hybridized carbons (Fsp3) is 0.548. The van der Waals surface area contributed by atoms with Crippen LogP contribution in [0, 0.1) is 0 Å². The summed E-state index contributed by atoms with van der Waals surface area (Å²) in [7, 11) is 0. The minimum absolute atomic E-state index is 0.340. The van der Waals surface area contributed by atoms with Crippen LogP contribution in [0.25, 0.3) is 0 Å². The number of alkyl halides is 6. The smallest absolute Gasteiger partial charge is 0.471 e.